The maximum atomic E-state index is 12.1. The molecule has 1 saturated heterocycles. The van der Waals surface area contributed by atoms with Crippen LogP contribution < -0.4 is 5.73 Å². The zero-order chi connectivity index (χ0) is 14.5. The Morgan fingerprint density at radius 2 is 2.10 bits per heavy atom. The number of carbonyl (C=O) groups excluding carboxylic acids is 1. The van der Waals surface area contributed by atoms with Crippen LogP contribution in [-0.2, 0) is 22.7 Å². The second-order valence-corrected chi connectivity index (χ2v) is 5.03. The van der Waals surface area contributed by atoms with Crippen LogP contribution in [0.3, 0.4) is 0 Å². The van der Waals surface area contributed by atoms with Crippen molar-refractivity contribution in [2.75, 3.05) is 13.1 Å². The predicted molar refractivity (Wildman–Crippen MR) is 69.5 cm³/mol. The van der Waals surface area contributed by atoms with Crippen LogP contribution in [0.1, 0.15) is 25.0 Å². The van der Waals surface area contributed by atoms with E-state index >= 15 is 0 Å². The number of piperidine rings is 1. The SMILES string of the molecule is NCc1cn(CC(=O)N2CCC(CC(=O)O)CC2)nn1. The molecule has 1 amide bonds. The molecule has 0 spiro atoms. The zero-order valence-corrected chi connectivity index (χ0v) is 11.2. The fourth-order valence-electron chi connectivity index (χ4n) is 2.38. The summed E-state index contributed by atoms with van der Waals surface area (Å²) in [5.41, 5.74) is 6.08. The normalized spacial score (nSPS) is 16.4. The fraction of sp³-hybridized carbons (Fsp3) is 0.667. The van der Waals surface area contributed by atoms with Crippen molar-refractivity contribution in [2.45, 2.75) is 32.4 Å². The Hall–Kier alpha value is -1.96. The van der Waals surface area contributed by atoms with Crippen molar-refractivity contribution in [1.29, 1.82) is 0 Å². The van der Waals surface area contributed by atoms with Gasteiger partial charge in [0, 0.05) is 26.1 Å². The van der Waals surface area contributed by atoms with Gasteiger partial charge in [-0.1, -0.05) is 5.21 Å². The highest BCUT2D eigenvalue weighted by molar-refractivity contribution is 5.76. The first-order valence-electron chi connectivity index (χ1n) is 6.67. The number of likely N-dealkylation sites (tertiary alicyclic amines) is 1. The summed E-state index contributed by atoms with van der Waals surface area (Å²) in [5.74, 6) is -0.620. The minimum absolute atomic E-state index is 0.0211. The molecule has 20 heavy (non-hydrogen) atoms. The molecule has 1 aromatic rings. The Bertz CT molecular complexity index is 479. The number of rotatable bonds is 5. The molecule has 2 heterocycles. The quantitative estimate of drug-likeness (QED) is 0.748. The molecule has 1 fully saturated rings. The van der Waals surface area contributed by atoms with E-state index in [0.29, 0.717) is 25.3 Å². The van der Waals surface area contributed by atoms with Gasteiger partial charge in [-0.2, -0.15) is 0 Å². The standard InChI is InChI=1S/C12H19N5O3/c13-6-10-7-17(15-14-10)8-11(18)16-3-1-9(2-4-16)5-12(19)20/h7,9H,1-6,8,13H2,(H,19,20). The Morgan fingerprint density at radius 3 is 2.65 bits per heavy atom. The highest BCUT2D eigenvalue weighted by Gasteiger charge is 2.24. The van der Waals surface area contributed by atoms with Crippen molar-refractivity contribution in [3.05, 3.63) is 11.9 Å². The first-order chi connectivity index (χ1) is 9.58. The van der Waals surface area contributed by atoms with Gasteiger partial charge in [0.2, 0.25) is 5.91 Å². The lowest BCUT2D eigenvalue weighted by Crippen LogP contribution is -2.40. The number of hydrogen-bond acceptors (Lipinski definition) is 5. The highest BCUT2D eigenvalue weighted by Crippen LogP contribution is 2.20. The summed E-state index contributed by atoms with van der Waals surface area (Å²) in [6, 6.07) is 0. The van der Waals surface area contributed by atoms with E-state index < -0.39 is 5.97 Å². The van der Waals surface area contributed by atoms with Gasteiger partial charge in [0.15, 0.2) is 0 Å². The van der Waals surface area contributed by atoms with Crippen LogP contribution in [0.25, 0.3) is 0 Å². The third-order valence-electron chi connectivity index (χ3n) is 3.52. The number of nitrogens with two attached hydrogens (primary N) is 1. The van der Waals surface area contributed by atoms with E-state index in [1.807, 2.05) is 0 Å². The maximum Gasteiger partial charge on any atom is 0.303 e. The van der Waals surface area contributed by atoms with Crippen molar-refractivity contribution in [2.24, 2.45) is 11.7 Å². The number of carbonyl (C=O) groups is 2. The van der Waals surface area contributed by atoms with Gasteiger partial charge in [-0.15, -0.1) is 5.10 Å². The van der Waals surface area contributed by atoms with Crippen LogP contribution >= 0.6 is 0 Å². The van der Waals surface area contributed by atoms with E-state index in [1.54, 1.807) is 11.1 Å². The number of amides is 1. The molecule has 0 saturated carbocycles. The minimum atomic E-state index is -0.772. The van der Waals surface area contributed by atoms with Crippen LogP contribution in [-0.4, -0.2) is 50.0 Å². The molecule has 8 nitrogen and oxygen atoms in total. The van der Waals surface area contributed by atoms with Gasteiger partial charge >= 0.3 is 5.97 Å². The summed E-state index contributed by atoms with van der Waals surface area (Å²) in [4.78, 5) is 24.5. The van der Waals surface area contributed by atoms with Crippen molar-refractivity contribution >= 4 is 11.9 Å². The van der Waals surface area contributed by atoms with Crippen LogP contribution in [0.15, 0.2) is 6.20 Å². The summed E-state index contributed by atoms with van der Waals surface area (Å²) in [6.45, 7) is 1.66. The second-order valence-electron chi connectivity index (χ2n) is 5.03. The summed E-state index contributed by atoms with van der Waals surface area (Å²) < 4.78 is 1.48. The van der Waals surface area contributed by atoms with Gasteiger partial charge in [0.05, 0.1) is 11.9 Å². The van der Waals surface area contributed by atoms with Gasteiger partial charge in [-0.05, 0) is 18.8 Å². The molecule has 0 aliphatic carbocycles. The summed E-state index contributed by atoms with van der Waals surface area (Å²) in [7, 11) is 0. The van der Waals surface area contributed by atoms with Crippen molar-refractivity contribution in [3.63, 3.8) is 0 Å². The number of hydrogen-bond donors (Lipinski definition) is 2. The molecular weight excluding hydrogens is 262 g/mol. The molecule has 0 aromatic carbocycles. The molecule has 0 radical (unpaired) electrons. The van der Waals surface area contributed by atoms with Crippen molar-refractivity contribution in [3.8, 4) is 0 Å². The summed E-state index contributed by atoms with van der Waals surface area (Å²) in [6.07, 6.45) is 3.33. The van der Waals surface area contributed by atoms with E-state index in [2.05, 4.69) is 10.3 Å². The molecule has 110 valence electrons. The van der Waals surface area contributed by atoms with E-state index in [9.17, 15) is 9.59 Å². The van der Waals surface area contributed by atoms with Gasteiger partial charge in [-0.3, -0.25) is 9.59 Å². The van der Waals surface area contributed by atoms with Gasteiger partial charge in [-0.25, -0.2) is 4.68 Å². The van der Waals surface area contributed by atoms with Crippen LogP contribution in [0.4, 0.5) is 0 Å². The first kappa shape index (κ1) is 14.4. The lowest BCUT2D eigenvalue weighted by Gasteiger charge is -2.31. The molecular formula is C12H19N5O3. The number of aromatic nitrogens is 3. The molecule has 1 aliphatic rings. The average molecular weight is 281 g/mol. The summed E-state index contributed by atoms with van der Waals surface area (Å²) in [5, 5.41) is 16.4. The lowest BCUT2D eigenvalue weighted by atomic mass is 9.93. The van der Waals surface area contributed by atoms with Crippen LogP contribution in [0, 0.1) is 5.92 Å². The third-order valence-corrected chi connectivity index (χ3v) is 3.52. The van der Waals surface area contributed by atoms with Crippen molar-refractivity contribution in [1.82, 2.24) is 19.9 Å². The first-order valence-corrected chi connectivity index (χ1v) is 6.67. The second kappa shape index (κ2) is 6.47. The predicted octanol–water partition coefficient (Wildman–Crippen LogP) is -0.550. The minimum Gasteiger partial charge on any atom is -0.481 e. The largest absolute Gasteiger partial charge is 0.481 e. The van der Waals surface area contributed by atoms with Crippen LogP contribution in [0.2, 0.25) is 0 Å². The number of carboxylic acids is 1. The van der Waals surface area contributed by atoms with E-state index in [-0.39, 0.29) is 24.8 Å². The monoisotopic (exact) mass is 281 g/mol. The average Bonchev–Trinajstić information content (AvgIpc) is 2.86. The molecule has 2 rings (SSSR count). The smallest absolute Gasteiger partial charge is 0.303 e. The van der Waals surface area contributed by atoms with Crippen molar-refractivity contribution < 1.29 is 14.7 Å². The van der Waals surface area contributed by atoms with E-state index in [0.717, 1.165) is 12.8 Å². The van der Waals surface area contributed by atoms with E-state index in [1.165, 1.54) is 4.68 Å². The number of nitrogens with zero attached hydrogens (tertiary/aromatic N) is 4. The summed E-state index contributed by atoms with van der Waals surface area (Å²) >= 11 is 0. The Morgan fingerprint density at radius 1 is 1.40 bits per heavy atom. The highest BCUT2D eigenvalue weighted by atomic mass is 16.4. The maximum absolute atomic E-state index is 12.1. The molecule has 0 atom stereocenters. The Labute approximate surface area is 116 Å². The molecule has 1 aromatic heterocycles. The topological polar surface area (TPSA) is 114 Å². The number of carboxylic acid groups (broad SMARTS) is 1. The molecule has 0 unspecified atom stereocenters. The van der Waals surface area contributed by atoms with Crippen LogP contribution in [0.5, 0.6) is 0 Å². The van der Waals surface area contributed by atoms with Gasteiger partial charge in [0.25, 0.3) is 0 Å². The lowest BCUT2D eigenvalue weighted by molar-refractivity contribution is -0.138. The molecule has 0 bridgehead atoms. The van der Waals surface area contributed by atoms with E-state index in [4.69, 9.17) is 10.8 Å². The Kier molecular flexibility index (Phi) is 4.67. The fourth-order valence-corrected chi connectivity index (χ4v) is 2.38. The molecule has 8 heteroatoms. The Balaban J connectivity index is 1.81. The van der Waals surface area contributed by atoms with Gasteiger partial charge in [0.1, 0.15) is 6.54 Å². The third kappa shape index (κ3) is 3.77. The zero-order valence-electron chi connectivity index (χ0n) is 11.2. The van der Waals surface area contributed by atoms with Gasteiger partial charge < -0.3 is 15.7 Å². The molecule has 1 aliphatic heterocycles. The molecule has 3 N–H and O–H groups in total. The number of aliphatic carboxylic acids is 1.